The van der Waals surface area contributed by atoms with Gasteiger partial charge in [0.05, 0.1) is 6.20 Å². The molecule has 0 fully saturated rings. The van der Waals surface area contributed by atoms with Crippen molar-refractivity contribution in [2.24, 2.45) is 5.73 Å². The number of hydrogen-bond donors (Lipinski definition) is 3. The van der Waals surface area contributed by atoms with Crippen LogP contribution in [-0.2, 0) is 10.0 Å². The van der Waals surface area contributed by atoms with Crippen LogP contribution >= 0.6 is 0 Å². The summed E-state index contributed by atoms with van der Waals surface area (Å²) in [6, 6.07) is -0.225. The Morgan fingerprint density at radius 3 is 2.73 bits per heavy atom. The molecule has 6 nitrogen and oxygen atoms in total. The summed E-state index contributed by atoms with van der Waals surface area (Å²) in [6.07, 6.45) is 3.19. The summed E-state index contributed by atoms with van der Waals surface area (Å²) in [4.78, 5) is 0.138. The normalized spacial score (nSPS) is 16.2. The average molecular weight is 232 g/mol. The molecular weight excluding hydrogens is 216 g/mol. The average Bonchev–Trinajstić information content (AvgIpc) is 2.51. The second kappa shape index (κ2) is 4.73. The van der Waals surface area contributed by atoms with Crippen molar-refractivity contribution >= 4 is 10.0 Å². The minimum absolute atomic E-state index is 0.0351. The molecule has 0 aliphatic carbocycles. The van der Waals surface area contributed by atoms with Crippen molar-refractivity contribution in [3.05, 3.63) is 12.4 Å². The number of hydrogen-bond acceptors (Lipinski definition) is 4. The Labute approximate surface area is 89.3 Å². The van der Waals surface area contributed by atoms with Gasteiger partial charge in [0.1, 0.15) is 4.90 Å². The Balaban J connectivity index is 2.66. The van der Waals surface area contributed by atoms with Gasteiger partial charge in [0.15, 0.2) is 0 Å². The van der Waals surface area contributed by atoms with E-state index in [2.05, 4.69) is 14.9 Å². The first kappa shape index (κ1) is 12.2. The van der Waals surface area contributed by atoms with E-state index in [4.69, 9.17) is 5.73 Å². The van der Waals surface area contributed by atoms with Crippen LogP contribution in [0.25, 0.3) is 0 Å². The monoisotopic (exact) mass is 232 g/mol. The maximum absolute atomic E-state index is 11.7. The molecule has 1 heterocycles. The number of sulfonamides is 1. The molecule has 2 atom stereocenters. The van der Waals surface area contributed by atoms with Crippen molar-refractivity contribution in [3.8, 4) is 0 Å². The zero-order valence-electron chi connectivity index (χ0n) is 8.77. The van der Waals surface area contributed by atoms with Crippen molar-refractivity contribution in [1.82, 2.24) is 14.9 Å². The number of H-pyrrole nitrogens is 1. The molecule has 0 radical (unpaired) electrons. The molecule has 0 saturated heterocycles. The summed E-state index contributed by atoms with van der Waals surface area (Å²) in [5.74, 6) is 0. The Morgan fingerprint density at radius 2 is 2.27 bits per heavy atom. The molecular formula is C8H16N4O2S. The van der Waals surface area contributed by atoms with E-state index in [-0.39, 0.29) is 17.0 Å². The fraction of sp³-hybridized carbons (Fsp3) is 0.625. The van der Waals surface area contributed by atoms with Crippen LogP contribution in [0.3, 0.4) is 0 Å². The first-order chi connectivity index (χ1) is 6.92. The van der Waals surface area contributed by atoms with Gasteiger partial charge >= 0.3 is 0 Å². The Hall–Kier alpha value is -0.920. The number of nitrogens with one attached hydrogen (secondary N) is 2. The standard InChI is InChI=1S/C8H16N4O2S/c1-6(9)3-7(2)12-15(13,14)8-4-10-11-5-8/h4-7,12H,3,9H2,1-2H3,(H,10,11). The van der Waals surface area contributed by atoms with E-state index in [9.17, 15) is 8.42 Å². The van der Waals surface area contributed by atoms with Gasteiger partial charge in [0.2, 0.25) is 10.0 Å². The van der Waals surface area contributed by atoms with Crippen LogP contribution in [-0.4, -0.2) is 30.7 Å². The van der Waals surface area contributed by atoms with Gasteiger partial charge in [-0.15, -0.1) is 0 Å². The van der Waals surface area contributed by atoms with Crippen molar-refractivity contribution in [3.63, 3.8) is 0 Å². The van der Waals surface area contributed by atoms with Crippen molar-refractivity contribution in [1.29, 1.82) is 0 Å². The molecule has 4 N–H and O–H groups in total. The van der Waals surface area contributed by atoms with Gasteiger partial charge in [-0.05, 0) is 20.3 Å². The lowest BCUT2D eigenvalue weighted by Crippen LogP contribution is -2.36. The summed E-state index contributed by atoms with van der Waals surface area (Å²) in [6.45, 7) is 3.61. The lowest BCUT2D eigenvalue weighted by molar-refractivity contribution is 0.519. The molecule has 0 spiro atoms. The molecule has 0 aliphatic rings. The highest BCUT2D eigenvalue weighted by Crippen LogP contribution is 2.06. The van der Waals surface area contributed by atoms with E-state index in [0.29, 0.717) is 6.42 Å². The van der Waals surface area contributed by atoms with Gasteiger partial charge in [-0.1, -0.05) is 0 Å². The first-order valence-corrected chi connectivity index (χ1v) is 6.17. The molecule has 1 aromatic rings. The lowest BCUT2D eigenvalue weighted by Gasteiger charge is -2.15. The molecule has 2 unspecified atom stereocenters. The number of aromatic nitrogens is 2. The second-order valence-electron chi connectivity index (χ2n) is 3.67. The molecule has 86 valence electrons. The minimum atomic E-state index is -3.46. The van der Waals surface area contributed by atoms with E-state index in [1.54, 1.807) is 6.92 Å². The van der Waals surface area contributed by atoms with Gasteiger partial charge in [-0.25, -0.2) is 13.1 Å². The Morgan fingerprint density at radius 1 is 1.60 bits per heavy atom. The summed E-state index contributed by atoms with van der Waals surface area (Å²) < 4.78 is 25.9. The number of aromatic amines is 1. The van der Waals surface area contributed by atoms with E-state index >= 15 is 0 Å². The summed E-state index contributed by atoms with van der Waals surface area (Å²) in [5.41, 5.74) is 5.58. The fourth-order valence-electron chi connectivity index (χ4n) is 1.32. The lowest BCUT2D eigenvalue weighted by atomic mass is 10.1. The molecule has 0 aromatic carbocycles. The van der Waals surface area contributed by atoms with Crippen LogP contribution in [0, 0.1) is 0 Å². The molecule has 0 amide bonds. The van der Waals surface area contributed by atoms with Crippen molar-refractivity contribution in [2.45, 2.75) is 37.2 Å². The highest BCUT2D eigenvalue weighted by molar-refractivity contribution is 7.89. The fourth-order valence-corrected chi connectivity index (χ4v) is 2.49. The van der Waals surface area contributed by atoms with Gasteiger partial charge in [0, 0.05) is 18.3 Å². The Kier molecular flexibility index (Phi) is 3.83. The van der Waals surface area contributed by atoms with E-state index in [0.717, 1.165) is 0 Å². The third-order valence-electron chi connectivity index (χ3n) is 1.87. The van der Waals surface area contributed by atoms with E-state index in [1.807, 2.05) is 6.92 Å². The topological polar surface area (TPSA) is 101 Å². The third-order valence-corrected chi connectivity index (χ3v) is 3.42. The smallest absolute Gasteiger partial charge is 0.243 e. The van der Waals surface area contributed by atoms with Gasteiger partial charge < -0.3 is 5.73 Å². The van der Waals surface area contributed by atoms with Crippen LogP contribution in [0.1, 0.15) is 20.3 Å². The van der Waals surface area contributed by atoms with Crippen LogP contribution in [0.5, 0.6) is 0 Å². The second-order valence-corrected chi connectivity index (χ2v) is 5.38. The molecule has 1 aromatic heterocycles. The number of nitrogens with two attached hydrogens (primary N) is 1. The quantitative estimate of drug-likeness (QED) is 0.655. The highest BCUT2D eigenvalue weighted by Gasteiger charge is 2.18. The van der Waals surface area contributed by atoms with Crippen LogP contribution in [0.4, 0.5) is 0 Å². The summed E-state index contributed by atoms with van der Waals surface area (Å²) in [7, 11) is -3.46. The predicted octanol–water partition coefficient (Wildman–Crippen LogP) is -0.186. The van der Waals surface area contributed by atoms with Crippen LogP contribution in [0.15, 0.2) is 17.3 Å². The molecule has 1 rings (SSSR count). The maximum atomic E-state index is 11.7. The zero-order valence-corrected chi connectivity index (χ0v) is 9.58. The largest absolute Gasteiger partial charge is 0.328 e. The summed E-state index contributed by atoms with van der Waals surface area (Å²) >= 11 is 0. The Bertz CT molecular complexity index is 385. The highest BCUT2D eigenvalue weighted by atomic mass is 32.2. The molecule has 0 saturated carbocycles. The van der Waals surface area contributed by atoms with E-state index in [1.165, 1.54) is 12.4 Å². The molecule has 0 bridgehead atoms. The SMILES string of the molecule is CC(N)CC(C)NS(=O)(=O)c1cn[nH]c1. The number of nitrogens with zero attached hydrogens (tertiary/aromatic N) is 1. The molecule has 0 aliphatic heterocycles. The molecule has 15 heavy (non-hydrogen) atoms. The summed E-state index contributed by atoms with van der Waals surface area (Å²) in [5, 5.41) is 6.04. The van der Waals surface area contributed by atoms with E-state index < -0.39 is 10.0 Å². The predicted molar refractivity (Wildman–Crippen MR) is 56.6 cm³/mol. The van der Waals surface area contributed by atoms with Crippen molar-refractivity contribution < 1.29 is 8.42 Å². The first-order valence-electron chi connectivity index (χ1n) is 4.68. The third kappa shape index (κ3) is 3.61. The van der Waals surface area contributed by atoms with Crippen molar-refractivity contribution in [2.75, 3.05) is 0 Å². The van der Waals surface area contributed by atoms with Gasteiger partial charge in [-0.2, -0.15) is 5.10 Å². The van der Waals surface area contributed by atoms with Gasteiger partial charge in [0.25, 0.3) is 0 Å². The van der Waals surface area contributed by atoms with Gasteiger partial charge in [-0.3, -0.25) is 5.10 Å². The van der Waals surface area contributed by atoms with Crippen LogP contribution in [0.2, 0.25) is 0 Å². The number of rotatable bonds is 5. The zero-order chi connectivity index (χ0) is 11.5. The van der Waals surface area contributed by atoms with Crippen LogP contribution < -0.4 is 10.5 Å². The maximum Gasteiger partial charge on any atom is 0.243 e. The molecule has 7 heteroatoms. The minimum Gasteiger partial charge on any atom is -0.328 e.